The lowest BCUT2D eigenvalue weighted by atomic mass is 9.73. The lowest BCUT2D eigenvalue weighted by Crippen LogP contribution is -2.69. The second-order valence-electron chi connectivity index (χ2n) is 8.13. The number of carbonyl (C=O) groups is 2. The van der Waals surface area contributed by atoms with Crippen LogP contribution in [0.1, 0.15) is 43.5 Å². The summed E-state index contributed by atoms with van der Waals surface area (Å²) in [5, 5.41) is 23.3. The highest BCUT2D eigenvalue weighted by molar-refractivity contribution is 5.94. The van der Waals surface area contributed by atoms with E-state index < -0.39 is 28.8 Å². The number of nitrogens with zero attached hydrogens (tertiary/aromatic N) is 1. The highest BCUT2D eigenvalue weighted by atomic mass is 19.1. The number of halogens is 1. The third-order valence-corrected chi connectivity index (χ3v) is 6.07. The highest BCUT2D eigenvalue weighted by Crippen LogP contribution is 2.40. The minimum absolute atomic E-state index is 0.0713. The zero-order chi connectivity index (χ0) is 21.9. The molecule has 0 aromatic heterocycles. The molecule has 0 aliphatic carbocycles. The van der Waals surface area contributed by atoms with Gasteiger partial charge in [0.25, 0.3) is 5.91 Å². The Hall–Kier alpha value is -2.23. The van der Waals surface area contributed by atoms with Gasteiger partial charge in [-0.25, -0.2) is 4.39 Å². The number of phenolic OH excluding ortho intramolecular Hbond substituents is 1. The van der Waals surface area contributed by atoms with Gasteiger partial charge >= 0.3 is 0 Å². The molecule has 1 aromatic rings. The van der Waals surface area contributed by atoms with Crippen LogP contribution in [0.4, 0.5) is 4.39 Å². The Bertz CT molecular complexity index is 796. The van der Waals surface area contributed by atoms with Crippen molar-refractivity contribution in [3.8, 4) is 5.75 Å². The molecule has 0 saturated carbocycles. The molecule has 0 bridgehead atoms. The van der Waals surface area contributed by atoms with Crippen LogP contribution in [-0.4, -0.2) is 77.1 Å². The Morgan fingerprint density at radius 1 is 1.33 bits per heavy atom. The van der Waals surface area contributed by atoms with Crippen LogP contribution in [0.15, 0.2) is 18.2 Å². The summed E-state index contributed by atoms with van der Waals surface area (Å²) in [4.78, 5) is 26.4. The largest absolute Gasteiger partial charge is 0.505 e. The molecule has 8 nitrogen and oxygen atoms in total. The van der Waals surface area contributed by atoms with E-state index in [1.165, 1.54) is 6.07 Å². The Morgan fingerprint density at radius 3 is 2.67 bits per heavy atom. The van der Waals surface area contributed by atoms with Crippen molar-refractivity contribution in [2.24, 2.45) is 0 Å². The van der Waals surface area contributed by atoms with Gasteiger partial charge < -0.3 is 29.9 Å². The van der Waals surface area contributed by atoms with E-state index >= 15 is 0 Å². The maximum Gasteiger partial charge on any atom is 0.253 e. The van der Waals surface area contributed by atoms with E-state index in [9.17, 15) is 24.2 Å². The number of aliphatic hydroxyl groups is 1. The minimum Gasteiger partial charge on any atom is -0.505 e. The number of rotatable bonds is 5. The Labute approximate surface area is 175 Å². The lowest BCUT2D eigenvalue weighted by molar-refractivity contribution is -0.206. The van der Waals surface area contributed by atoms with Crippen molar-refractivity contribution >= 4 is 11.8 Å². The molecule has 3 rings (SSSR count). The summed E-state index contributed by atoms with van der Waals surface area (Å²) in [6, 6.07) is 3.54. The smallest absolute Gasteiger partial charge is 0.253 e. The molecule has 2 saturated heterocycles. The number of amides is 2. The zero-order valence-corrected chi connectivity index (χ0v) is 17.3. The van der Waals surface area contributed by atoms with E-state index in [1.54, 1.807) is 18.7 Å². The topological polar surface area (TPSA) is 108 Å². The number of nitrogens with one attached hydrogen (secondary N) is 1. The van der Waals surface area contributed by atoms with Crippen molar-refractivity contribution in [1.29, 1.82) is 0 Å². The first-order valence-corrected chi connectivity index (χ1v) is 10.2. The normalized spacial score (nSPS) is 25.9. The van der Waals surface area contributed by atoms with Crippen LogP contribution in [0.3, 0.4) is 0 Å². The zero-order valence-electron chi connectivity index (χ0n) is 17.3. The van der Waals surface area contributed by atoms with Gasteiger partial charge in [-0.1, -0.05) is 0 Å². The average Bonchev–Trinajstić information content (AvgIpc) is 2.72. The molecule has 9 heteroatoms. The number of piperidine rings is 1. The summed E-state index contributed by atoms with van der Waals surface area (Å²) < 4.78 is 24.7. The summed E-state index contributed by atoms with van der Waals surface area (Å²) in [6.45, 7) is 4.96. The third kappa shape index (κ3) is 4.43. The second kappa shape index (κ2) is 8.87. The van der Waals surface area contributed by atoms with Gasteiger partial charge in [0.1, 0.15) is 12.7 Å². The first-order valence-electron chi connectivity index (χ1n) is 10.2. The summed E-state index contributed by atoms with van der Waals surface area (Å²) >= 11 is 0. The molecule has 2 atom stereocenters. The van der Waals surface area contributed by atoms with Gasteiger partial charge in [-0.2, -0.15) is 0 Å². The summed E-state index contributed by atoms with van der Waals surface area (Å²) in [6.07, 6.45) is 0.283. The molecule has 2 fully saturated rings. The maximum absolute atomic E-state index is 13.6. The van der Waals surface area contributed by atoms with Gasteiger partial charge in [-0.15, -0.1) is 0 Å². The maximum atomic E-state index is 13.6. The van der Waals surface area contributed by atoms with Crippen molar-refractivity contribution < 1.29 is 33.7 Å². The first kappa shape index (κ1) is 22.5. The quantitative estimate of drug-likeness (QED) is 0.656. The SMILES string of the molecule is CCOCC(=O)N[C@]1(C)CCOC2(CCN(C(=O)c3ccc(O)c(F)c3)CC2)C1O. The minimum atomic E-state index is -0.951. The van der Waals surface area contributed by atoms with Gasteiger partial charge in [-0.3, -0.25) is 9.59 Å². The van der Waals surface area contributed by atoms with Crippen molar-refractivity contribution in [3.63, 3.8) is 0 Å². The molecule has 30 heavy (non-hydrogen) atoms. The fourth-order valence-electron chi connectivity index (χ4n) is 4.27. The molecule has 2 amide bonds. The molecule has 1 unspecified atom stereocenters. The van der Waals surface area contributed by atoms with Gasteiger partial charge in [-0.05, 0) is 51.3 Å². The number of likely N-dealkylation sites (tertiary alicyclic amines) is 1. The van der Waals surface area contributed by atoms with Crippen LogP contribution in [0, 0.1) is 5.82 Å². The summed E-state index contributed by atoms with van der Waals surface area (Å²) in [5.74, 6) is -1.99. The number of benzene rings is 1. The summed E-state index contributed by atoms with van der Waals surface area (Å²) in [5.41, 5.74) is -1.58. The van der Waals surface area contributed by atoms with E-state index in [-0.39, 0.29) is 24.0 Å². The second-order valence-corrected chi connectivity index (χ2v) is 8.13. The molecule has 3 N–H and O–H groups in total. The third-order valence-electron chi connectivity index (χ3n) is 6.07. The van der Waals surface area contributed by atoms with Crippen molar-refractivity contribution in [1.82, 2.24) is 10.2 Å². The monoisotopic (exact) mass is 424 g/mol. The van der Waals surface area contributed by atoms with Crippen molar-refractivity contribution in [3.05, 3.63) is 29.6 Å². The molecule has 2 aliphatic rings. The van der Waals surface area contributed by atoms with Gasteiger partial charge in [0.2, 0.25) is 5.91 Å². The predicted molar refractivity (Wildman–Crippen MR) is 106 cm³/mol. The molecule has 2 heterocycles. The number of aliphatic hydroxyl groups excluding tert-OH is 1. The number of ether oxygens (including phenoxy) is 2. The van der Waals surface area contributed by atoms with Crippen LogP contribution in [0.25, 0.3) is 0 Å². The molecule has 166 valence electrons. The molecular weight excluding hydrogens is 395 g/mol. The molecule has 1 spiro atoms. The molecule has 2 aliphatic heterocycles. The number of carbonyl (C=O) groups excluding carboxylic acids is 2. The van der Waals surface area contributed by atoms with Gasteiger partial charge in [0, 0.05) is 31.9 Å². The van der Waals surface area contributed by atoms with E-state index in [4.69, 9.17) is 9.47 Å². The molecule has 1 aromatic carbocycles. The van der Waals surface area contributed by atoms with Crippen LogP contribution >= 0.6 is 0 Å². The fraction of sp³-hybridized carbons (Fsp3) is 0.619. The molecular formula is C21H29FN2O6. The van der Waals surface area contributed by atoms with Crippen LogP contribution in [0.2, 0.25) is 0 Å². The number of hydrogen-bond donors (Lipinski definition) is 3. The van der Waals surface area contributed by atoms with Crippen LogP contribution in [0.5, 0.6) is 5.75 Å². The lowest BCUT2D eigenvalue weighted by Gasteiger charge is -2.53. The van der Waals surface area contributed by atoms with E-state index in [0.29, 0.717) is 45.6 Å². The van der Waals surface area contributed by atoms with E-state index in [2.05, 4.69) is 5.32 Å². The Balaban J connectivity index is 1.66. The predicted octanol–water partition coefficient (Wildman–Crippen LogP) is 1.20. The van der Waals surface area contributed by atoms with E-state index in [1.807, 2.05) is 0 Å². The van der Waals surface area contributed by atoms with Crippen molar-refractivity contribution in [2.75, 3.05) is 32.9 Å². The number of phenols is 1. The number of aromatic hydroxyl groups is 1. The number of hydrogen-bond acceptors (Lipinski definition) is 6. The van der Waals surface area contributed by atoms with Crippen molar-refractivity contribution in [2.45, 2.75) is 50.4 Å². The van der Waals surface area contributed by atoms with Crippen LogP contribution in [-0.2, 0) is 14.3 Å². The Kier molecular flexibility index (Phi) is 6.64. The fourth-order valence-corrected chi connectivity index (χ4v) is 4.27. The van der Waals surface area contributed by atoms with E-state index in [0.717, 1.165) is 12.1 Å². The van der Waals surface area contributed by atoms with Gasteiger partial charge in [0.15, 0.2) is 11.6 Å². The molecule has 0 radical (unpaired) electrons. The summed E-state index contributed by atoms with van der Waals surface area (Å²) in [7, 11) is 0. The average molecular weight is 424 g/mol. The van der Waals surface area contributed by atoms with Crippen LogP contribution < -0.4 is 5.32 Å². The first-order chi connectivity index (χ1) is 14.2. The Morgan fingerprint density at radius 2 is 2.03 bits per heavy atom. The highest BCUT2D eigenvalue weighted by Gasteiger charge is 2.54. The standard InChI is InChI=1S/C21H29FN2O6/c1-3-29-13-17(26)23-20(2)8-11-30-21(19(20)28)6-9-24(10-7-21)18(27)14-4-5-16(25)15(22)12-14/h4-5,12,19,25,28H,3,6-11,13H2,1-2H3,(H,23,26)/t19?,20-/m1/s1. The van der Waals surface area contributed by atoms with Gasteiger partial charge in [0.05, 0.1) is 11.1 Å².